The lowest BCUT2D eigenvalue weighted by atomic mass is 9.77. The standard InChI is InChI=1S/C31H46BN3O5/c1-10-21-13-16-24(23-15-14-22(18-20(23)4)32-39-30(5,6)31(7,8)40-32)33-27(21)25-12-11-17-35(25)28(36)26(19(2)3)34-29(37)38-9/h14-15,18-19,21,26H,10-13,16-17H2,1-9H3,(H,34,37)/b27-25-. The lowest BCUT2D eigenvalue weighted by molar-refractivity contribution is -0.131. The zero-order chi connectivity index (χ0) is 29.4. The molecule has 0 saturated carbocycles. The Kier molecular flexibility index (Phi) is 8.86. The third-order valence-electron chi connectivity index (χ3n) is 9.03. The lowest BCUT2D eigenvalue weighted by Gasteiger charge is -2.32. The van der Waals surface area contributed by atoms with E-state index in [1.807, 2.05) is 18.7 Å². The molecule has 2 saturated heterocycles. The number of allylic oxidation sites excluding steroid dienone is 2. The van der Waals surface area contributed by atoms with Crippen molar-refractivity contribution in [2.24, 2.45) is 16.8 Å². The second-order valence-electron chi connectivity index (χ2n) is 12.6. The Balaban J connectivity index is 1.66. The number of amides is 2. The quantitative estimate of drug-likeness (QED) is 0.496. The van der Waals surface area contributed by atoms with Crippen LogP contribution in [0.25, 0.3) is 0 Å². The number of carbonyl (C=O) groups is 2. The van der Waals surface area contributed by atoms with Gasteiger partial charge in [0.05, 0.1) is 24.0 Å². The molecule has 1 aromatic rings. The molecule has 0 radical (unpaired) electrons. The number of rotatable bonds is 6. The van der Waals surface area contributed by atoms with Crippen LogP contribution in [-0.2, 0) is 18.8 Å². The minimum Gasteiger partial charge on any atom is -0.453 e. The Labute approximate surface area is 240 Å². The van der Waals surface area contributed by atoms with Gasteiger partial charge in [0.15, 0.2) is 0 Å². The second kappa shape index (κ2) is 11.7. The highest BCUT2D eigenvalue weighted by molar-refractivity contribution is 6.62. The zero-order valence-corrected chi connectivity index (χ0v) is 25.7. The summed E-state index contributed by atoms with van der Waals surface area (Å²) in [6.45, 7) is 17.1. The highest BCUT2D eigenvalue weighted by Crippen LogP contribution is 2.38. The number of aliphatic imine (C=N–C) groups is 1. The molecule has 8 nitrogen and oxygen atoms in total. The number of hydrogen-bond acceptors (Lipinski definition) is 6. The first-order valence-electron chi connectivity index (χ1n) is 14.7. The molecule has 1 N–H and O–H groups in total. The molecule has 40 heavy (non-hydrogen) atoms. The molecule has 2 fully saturated rings. The molecule has 2 atom stereocenters. The first-order valence-corrected chi connectivity index (χ1v) is 14.7. The summed E-state index contributed by atoms with van der Waals surface area (Å²) in [5.74, 6) is 0.124. The maximum Gasteiger partial charge on any atom is 0.494 e. The van der Waals surface area contributed by atoms with Crippen molar-refractivity contribution >= 4 is 30.3 Å². The van der Waals surface area contributed by atoms with E-state index in [4.69, 9.17) is 19.0 Å². The van der Waals surface area contributed by atoms with E-state index in [1.165, 1.54) is 7.11 Å². The molecule has 3 heterocycles. The number of nitrogens with one attached hydrogen (secondary N) is 1. The maximum absolute atomic E-state index is 13.7. The van der Waals surface area contributed by atoms with Crippen LogP contribution in [0.1, 0.15) is 91.7 Å². The molecule has 4 rings (SSSR count). The van der Waals surface area contributed by atoms with Gasteiger partial charge < -0.3 is 24.3 Å². The highest BCUT2D eigenvalue weighted by atomic mass is 16.7. The van der Waals surface area contributed by atoms with Crippen molar-refractivity contribution in [2.45, 2.75) is 105 Å². The van der Waals surface area contributed by atoms with E-state index in [-0.39, 0.29) is 23.0 Å². The summed E-state index contributed by atoms with van der Waals surface area (Å²) in [5, 5.41) is 2.74. The van der Waals surface area contributed by atoms with Gasteiger partial charge in [0.25, 0.3) is 0 Å². The fourth-order valence-corrected chi connectivity index (χ4v) is 5.82. The first kappa shape index (κ1) is 30.3. The van der Waals surface area contributed by atoms with Crippen molar-refractivity contribution in [3.05, 3.63) is 40.7 Å². The van der Waals surface area contributed by atoms with Gasteiger partial charge in [-0.2, -0.15) is 0 Å². The van der Waals surface area contributed by atoms with Crippen LogP contribution in [0.5, 0.6) is 0 Å². The van der Waals surface area contributed by atoms with Crippen molar-refractivity contribution in [3.8, 4) is 0 Å². The number of nitrogens with zero attached hydrogens (tertiary/aromatic N) is 2. The topological polar surface area (TPSA) is 89.5 Å². The summed E-state index contributed by atoms with van der Waals surface area (Å²) >= 11 is 0. The summed E-state index contributed by atoms with van der Waals surface area (Å²) in [6, 6.07) is 5.71. The van der Waals surface area contributed by atoms with Gasteiger partial charge in [-0.25, -0.2) is 4.79 Å². The fourth-order valence-electron chi connectivity index (χ4n) is 5.82. The minimum atomic E-state index is -0.655. The van der Waals surface area contributed by atoms with Gasteiger partial charge in [-0.1, -0.05) is 39.0 Å². The van der Waals surface area contributed by atoms with Crippen molar-refractivity contribution in [2.75, 3.05) is 13.7 Å². The van der Waals surface area contributed by atoms with Gasteiger partial charge in [-0.05, 0) is 89.2 Å². The number of benzene rings is 1. The molecule has 0 aliphatic carbocycles. The van der Waals surface area contributed by atoms with Gasteiger partial charge in [0.2, 0.25) is 5.91 Å². The van der Waals surface area contributed by atoms with Crippen LogP contribution in [0, 0.1) is 18.8 Å². The number of hydrogen-bond donors (Lipinski definition) is 1. The summed E-state index contributed by atoms with van der Waals surface area (Å²) < 4.78 is 17.3. The van der Waals surface area contributed by atoms with Gasteiger partial charge in [0.1, 0.15) is 6.04 Å². The van der Waals surface area contributed by atoms with Crippen molar-refractivity contribution < 1.29 is 23.6 Å². The molecule has 3 aliphatic heterocycles. The minimum absolute atomic E-state index is 0.0732. The van der Waals surface area contributed by atoms with E-state index in [1.54, 1.807) is 0 Å². The van der Waals surface area contributed by atoms with Crippen molar-refractivity contribution in [1.82, 2.24) is 10.2 Å². The highest BCUT2D eigenvalue weighted by Gasteiger charge is 2.51. The Morgan fingerprint density at radius 1 is 1.18 bits per heavy atom. The molecule has 0 spiro atoms. The van der Waals surface area contributed by atoms with Crippen LogP contribution >= 0.6 is 0 Å². The van der Waals surface area contributed by atoms with Crippen LogP contribution < -0.4 is 10.8 Å². The van der Waals surface area contributed by atoms with Crippen LogP contribution in [0.3, 0.4) is 0 Å². The third-order valence-corrected chi connectivity index (χ3v) is 9.03. The Hall–Kier alpha value is -2.65. The Morgan fingerprint density at radius 3 is 2.42 bits per heavy atom. The van der Waals surface area contributed by atoms with Gasteiger partial charge >= 0.3 is 13.2 Å². The van der Waals surface area contributed by atoms with Crippen LogP contribution in [-0.4, -0.2) is 60.6 Å². The van der Waals surface area contributed by atoms with E-state index < -0.39 is 19.3 Å². The summed E-state index contributed by atoms with van der Waals surface area (Å²) in [5.41, 5.74) is 5.55. The molecule has 218 valence electrons. The van der Waals surface area contributed by atoms with E-state index in [0.29, 0.717) is 12.5 Å². The number of aryl methyl sites for hydroxylation is 1. The number of ether oxygens (including phenoxy) is 1. The molecular weight excluding hydrogens is 505 g/mol. The third kappa shape index (κ3) is 5.86. The number of likely N-dealkylation sites (tertiary alicyclic amines) is 1. The molecular formula is C31H46BN3O5. The van der Waals surface area contributed by atoms with E-state index in [2.05, 4.69) is 65.1 Å². The predicted molar refractivity (Wildman–Crippen MR) is 159 cm³/mol. The summed E-state index contributed by atoms with van der Waals surface area (Å²) in [7, 11) is 0.910. The maximum atomic E-state index is 13.7. The molecule has 0 bridgehead atoms. The fraction of sp³-hybridized carbons (Fsp3) is 0.645. The molecule has 0 aromatic heterocycles. The first-order chi connectivity index (χ1) is 18.8. The van der Waals surface area contributed by atoms with E-state index in [0.717, 1.165) is 65.8 Å². The molecule has 2 unspecified atom stereocenters. The van der Waals surface area contributed by atoms with Crippen LogP contribution in [0.2, 0.25) is 0 Å². The average molecular weight is 552 g/mol. The van der Waals surface area contributed by atoms with Crippen molar-refractivity contribution in [1.29, 1.82) is 0 Å². The average Bonchev–Trinajstić information content (AvgIpc) is 3.47. The van der Waals surface area contributed by atoms with Crippen LogP contribution in [0.4, 0.5) is 4.79 Å². The Bertz CT molecular complexity index is 1190. The monoisotopic (exact) mass is 551 g/mol. The normalized spacial score (nSPS) is 24.8. The number of methoxy groups -OCH3 is 1. The van der Waals surface area contributed by atoms with Gasteiger partial charge in [-0.3, -0.25) is 9.79 Å². The SMILES string of the molecule is CCC1CCC(c2ccc(B3OC(C)(C)C(C)(C)O3)cc2C)=N/C1=C1/CCCN1C(=O)C(NC(=O)OC)C(C)C. The van der Waals surface area contributed by atoms with Gasteiger partial charge in [0, 0.05) is 23.9 Å². The summed E-state index contributed by atoms with van der Waals surface area (Å²) in [4.78, 5) is 32.8. The molecule has 9 heteroatoms. The Morgan fingerprint density at radius 2 is 1.85 bits per heavy atom. The lowest BCUT2D eigenvalue weighted by Crippen LogP contribution is -2.50. The largest absolute Gasteiger partial charge is 0.494 e. The number of carbonyl (C=O) groups excluding carboxylic acids is 2. The van der Waals surface area contributed by atoms with E-state index >= 15 is 0 Å². The van der Waals surface area contributed by atoms with Crippen molar-refractivity contribution in [3.63, 3.8) is 0 Å². The molecule has 1 aromatic carbocycles. The molecule has 3 aliphatic rings. The van der Waals surface area contributed by atoms with Gasteiger partial charge in [-0.15, -0.1) is 0 Å². The summed E-state index contributed by atoms with van der Waals surface area (Å²) in [6.07, 6.45) is 3.94. The molecule has 2 amide bonds. The van der Waals surface area contributed by atoms with Crippen LogP contribution in [0.15, 0.2) is 34.6 Å². The predicted octanol–water partition coefficient (Wildman–Crippen LogP) is 5.12. The smallest absolute Gasteiger partial charge is 0.453 e. The second-order valence-corrected chi connectivity index (χ2v) is 12.6. The number of alkyl carbamates (subject to hydrolysis) is 1. The zero-order valence-electron chi connectivity index (χ0n) is 25.7. The van der Waals surface area contributed by atoms with E-state index in [9.17, 15) is 9.59 Å².